The van der Waals surface area contributed by atoms with Crippen molar-refractivity contribution in [2.24, 2.45) is 0 Å². The summed E-state index contributed by atoms with van der Waals surface area (Å²) < 4.78 is 25.2. The summed E-state index contributed by atoms with van der Waals surface area (Å²) in [4.78, 5) is 19.3. The Morgan fingerprint density at radius 1 is 1.36 bits per heavy atom. The van der Waals surface area contributed by atoms with Crippen LogP contribution in [0.25, 0.3) is 10.9 Å². The first-order valence-electron chi connectivity index (χ1n) is 8.41. The van der Waals surface area contributed by atoms with Crippen LogP contribution in [-0.4, -0.2) is 34.2 Å². The molecule has 1 aromatic heterocycles. The summed E-state index contributed by atoms with van der Waals surface area (Å²) in [6, 6.07) is 7.27. The lowest BCUT2D eigenvalue weighted by Gasteiger charge is -2.14. The van der Waals surface area contributed by atoms with Crippen molar-refractivity contribution in [2.75, 3.05) is 18.5 Å². The first kappa shape index (κ1) is 18.3. The number of nitro groups is 1. The molecule has 4 rings (SSSR count). The normalized spacial score (nSPS) is 16.3. The number of ether oxygens (including phenoxy) is 2. The molecule has 0 unspecified atom stereocenters. The molecule has 28 heavy (non-hydrogen) atoms. The molecule has 0 amide bonds. The predicted molar refractivity (Wildman–Crippen MR) is 101 cm³/mol. The number of halogens is 2. The van der Waals surface area contributed by atoms with Crippen LogP contribution in [0.5, 0.6) is 5.75 Å². The van der Waals surface area contributed by atoms with Crippen LogP contribution in [0.2, 0.25) is 5.02 Å². The number of aromatic nitrogens is 2. The number of anilines is 2. The topological polar surface area (TPSA) is 99.4 Å². The van der Waals surface area contributed by atoms with E-state index >= 15 is 0 Å². The van der Waals surface area contributed by atoms with Crippen LogP contribution in [0.3, 0.4) is 0 Å². The van der Waals surface area contributed by atoms with Gasteiger partial charge in [-0.15, -0.1) is 0 Å². The Kier molecular flexibility index (Phi) is 4.93. The number of nitro benzene ring substituents is 1. The van der Waals surface area contributed by atoms with Crippen molar-refractivity contribution in [1.82, 2.24) is 9.97 Å². The molecule has 8 nitrogen and oxygen atoms in total. The highest BCUT2D eigenvalue weighted by Crippen LogP contribution is 2.36. The van der Waals surface area contributed by atoms with Crippen molar-refractivity contribution < 1.29 is 18.8 Å². The summed E-state index contributed by atoms with van der Waals surface area (Å²) in [5.74, 6) is -0.330. The third-order valence-corrected chi connectivity index (χ3v) is 4.59. The zero-order chi connectivity index (χ0) is 19.7. The maximum Gasteiger partial charge on any atom is 0.311 e. The van der Waals surface area contributed by atoms with E-state index in [1.54, 1.807) is 6.07 Å². The molecule has 1 saturated heterocycles. The summed E-state index contributed by atoms with van der Waals surface area (Å²) in [6.45, 7) is 0.924. The van der Waals surface area contributed by atoms with Gasteiger partial charge in [-0.05, 0) is 12.1 Å². The summed E-state index contributed by atoms with van der Waals surface area (Å²) in [7, 11) is 0. The van der Waals surface area contributed by atoms with Crippen molar-refractivity contribution >= 4 is 39.7 Å². The van der Waals surface area contributed by atoms with Crippen LogP contribution in [0.1, 0.15) is 6.42 Å². The highest BCUT2D eigenvalue weighted by molar-refractivity contribution is 6.31. The van der Waals surface area contributed by atoms with Gasteiger partial charge in [0, 0.05) is 18.6 Å². The molecule has 0 saturated carbocycles. The van der Waals surface area contributed by atoms with Gasteiger partial charge >= 0.3 is 5.69 Å². The van der Waals surface area contributed by atoms with Crippen molar-refractivity contribution in [3.8, 4) is 5.75 Å². The number of nitrogens with one attached hydrogen (secondary N) is 1. The van der Waals surface area contributed by atoms with Crippen LogP contribution in [0, 0.1) is 15.9 Å². The first-order chi connectivity index (χ1) is 13.5. The lowest BCUT2D eigenvalue weighted by molar-refractivity contribution is -0.385. The Morgan fingerprint density at radius 2 is 2.21 bits per heavy atom. The van der Waals surface area contributed by atoms with E-state index in [2.05, 4.69) is 15.3 Å². The maximum atomic E-state index is 14.2. The third kappa shape index (κ3) is 3.54. The Bertz CT molecular complexity index is 1060. The smallest absolute Gasteiger partial charge is 0.311 e. The average Bonchev–Trinajstić information content (AvgIpc) is 3.18. The lowest BCUT2D eigenvalue weighted by Crippen LogP contribution is -2.16. The zero-order valence-electron chi connectivity index (χ0n) is 14.4. The molecule has 0 aliphatic carbocycles. The van der Waals surface area contributed by atoms with E-state index in [0.717, 1.165) is 0 Å². The largest absolute Gasteiger partial charge is 0.481 e. The number of fused-ring (bicyclic) bond motifs is 1. The van der Waals surface area contributed by atoms with Gasteiger partial charge in [-0.1, -0.05) is 17.7 Å². The molecule has 1 N–H and O–H groups in total. The van der Waals surface area contributed by atoms with Crippen molar-refractivity contribution in [1.29, 1.82) is 0 Å². The van der Waals surface area contributed by atoms with E-state index in [-0.39, 0.29) is 34.1 Å². The first-order valence-corrected chi connectivity index (χ1v) is 8.79. The minimum absolute atomic E-state index is 0.0520. The van der Waals surface area contributed by atoms with Crippen LogP contribution in [0.15, 0.2) is 36.7 Å². The van der Waals surface area contributed by atoms with Crippen molar-refractivity contribution in [3.05, 3.63) is 57.6 Å². The molecule has 1 aliphatic rings. The van der Waals surface area contributed by atoms with Gasteiger partial charge in [-0.25, -0.2) is 14.4 Å². The Hall–Kier alpha value is -3.04. The number of benzene rings is 2. The van der Waals surface area contributed by atoms with E-state index < -0.39 is 10.7 Å². The number of hydrogen-bond acceptors (Lipinski definition) is 7. The summed E-state index contributed by atoms with van der Waals surface area (Å²) in [6.07, 6.45) is 1.68. The van der Waals surface area contributed by atoms with Gasteiger partial charge in [0.25, 0.3) is 0 Å². The maximum absolute atomic E-state index is 14.2. The summed E-state index contributed by atoms with van der Waals surface area (Å²) >= 11 is 5.80. The molecule has 144 valence electrons. The fourth-order valence-corrected chi connectivity index (χ4v) is 3.10. The Morgan fingerprint density at radius 3 is 2.96 bits per heavy atom. The predicted octanol–water partition coefficient (Wildman–Crippen LogP) is 4.24. The standard InChI is InChI=1S/C18H14ClFN4O4/c19-12-2-1-3-13(17(12)20)23-18-11-6-15(24(25)26)16(7-14(11)21-9-22-18)28-10-4-5-27-8-10/h1-3,6-7,9-10H,4-5,8H2,(H,21,22,23)/t10-/m0/s1. The lowest BCUT2D eigenvalue weighted by atomic mass is 10.2. The second kappa shape index (κ2) is 7.53. The molecule has 0 spiro atoms. The zero-order valence-corrected chi connectivity index (χ0v) is 15.1. The van der Waals surface area contributed by atoms with Crippen LogP contribution in [0.4, 0.5) is 21.6 Å². The number of hydrogen-bond donors (Lipinski definition) is 1. The van der Waals surface area contributed by atoms with E-state index in [0.29, 0.717) is 30.5 Å². The second-order valence-electron chi connectivity index (χ2n) is 6.15. The van der Waals surface area contributed by atoms with E-state index in [4.69, 9.17) is 21.1 Å². The molecule has 1 aliphatic heterocycles. The van der Waals surface area contributed by atoms with E-state index in [1.165, 1.54) is 30.6 Å². The molecular formula is C18H14ClFN4O4. The van der Waals surface area contributed by atoms with Crippen molar-refractivity contribution in [3.63, 3.8) is 0 Å². The second-order valence-corrected chi connectivity index (χ2v) is 6.55. The average molecular weight is 405 g/mol. The molecule has 0 bridgehead atoms. The van der Waals surface area contributed by atoms with Gasteiger partial charge in [0.2, 0.25) is 0 Å². The molecular weight excluding hydrogens is 391 g/mol. The highest BCUT2D eigenvalue weighted by atomic mass is 35.5. The van der Waals surface area contributed by atoms with Crippen LogP contribution >= 0.6 is 11.6 Å². The third-order valence-electron chi connectivity index (χ3n) is 4.30. The van der Waals surface area contributed by atoms with Crippen molar-refractivity contribution in [2.45, 2.75) is 12.5 Å². The van der Waals surface area contributed by atoms with Crippen LogP contribution < -0.4 is 10.1 Å². The Labute approximate surface area is 163 Å². The highest BCUT2D eigenvalue weighted by Gasteiger charge is 2.24. The molecule has 2 heterocycles. The summed E-state index contributed by atoms with van der Waals surface area (Å²) in [5.41, 5.74) is 0.279. The molecule has 2 aromatic carbocycles. The summed E-state index contributed by atoms with van der Waals surface area (Å²) in [5, 5.41) is 14.7. The number of nitrogens with zero attached hydrogens (tertiary/aromatic N) is 3. The quantitative estimate of drug-likeness (QED) is 0.501. The van der Waals surface area contributed by atoms with E-state index in [9.17, 15) is 14.5 Å². The van der Waals surface area contributed by atoms with Gasteiger partial charge in [-0.3, -0.25) is 10.1 Å². The minimum Gasteiger partial charge on any atom is -0.481 e. The van der Waals surface area contributed by atoms with Gasteiger partial charge in [0.05, 0.1) is 39.8 Å². The van der Waals surface area contributed by atoms with Gasteiger partial charge in [0.15, 0.2) is 11.6 Å². The minimum atomic E-state index is -0.647. The van der Waals surface area contributed by atoms with E-state index in [1.807, 2.05) is 0 Å². The SMILES string of the molecule is O=[N+]([O-])c1cc2c(Nc3cccc(Cl)c3F)ncnc2cc1O[C@H]1CCOC1. The Balaban J connectivity index is 1.77. The van der Waals surface area contributed by atoms with Gasteiger partial charge in [0.1, 0.15) is 18.2 Å². The molecule has 0 radical (unpaired) electrons. The monoisotopic (exact) mass is 404 g/mol. The fraction of sp³-hybridized carbons (Fsp3) is 0.222. The van der Waals surface area contributed by atoms with Gasteiger partial charge < -0.3 is 14.8 Å². The molecule has 3 aromatic rings. The molecule has 10 heteroatoms. The molecule has 1 atom stereocenters. The number of rotatable bonds is 5. The van der Waals surface area contributed by atoms with Crippen LogP contribution in [-0.2, 0) is 4.74 Å². The fourth-order valence-electron chi connectivity index (χ4n) is 2.92. The van der Waals surface area contributed by atoms with Gasteiger partial charge in [-0.2, -0.15) is 0 Å². The molecule has 1 fully saturated rings.